The number of hydrogen-bond acceptors (Lipinski definition) is 4. The first-order valence-electron chi connectivity index (χ1n) is 8.79. The van der Waals surface area contributed by atoms with Gasteiger partial charge >= 0.3 is 0 Å². The van der Waals surface area contributed by atoms with Crippen LogP contribution in [0.2, 0.25) is 0 Å². The second-order valence-corrected chi connectivity index (χ2v) is 8.38. The lowest BCUT2D eigenvalue weighted by Crippen LogP contribution is -2.48. The molecular weight excluding hydrogens is 346 g/mol. The molecule has 1 fully saturated rings. The minimum atomic E-state index is -3.65. The third kappa shape index (κ3) is 3.51. The zero-order valence-corrected chi connectivity index (χ0v) is 15.9. The fourth-order valence-corrected chi connectivity index (χ4v) is 5.19. The number of nitrogens with zero attached hydrogens (tertiary/aromatic N) is 2. The van der Waals surface area contributed by atoms with E-state index in [-0.39, 0.29) is 10.9 Å². The lowest BCUT2D eigenvalue weighted by molar-refractivity contribution is 0.271. The summed E-state index contributed by atoms with van der Waals surface area (Å²) in [5.74, 6) is 0. The van der Waals surface area contributed by atoms with Crippen LogP contribution >= 0.6 is 0 Å². The van der Waals surface area contributed by atoms with Crippen LogP contribution in [0.15, 0.2) is 47.4 Å². The van der Waals surface area contributed by atoms with E-state index in [1.54, 1.807) is 29.4 Å². The van der Waals surface area contributed by atoms with E-state index in [9.17, 15) is 8.42 Å². The quantitative estimate of drug-likeness (QED) is 0.899. The molecule has 0 amide bonds. The SMILES string of the molecule is CCc1ccc(C2CNCCN2S(=O)(=O)c2ccc(C#N)cc2C)cc1. The van der Waals surface area contributed by atoms with Crippen LogP contribution in [0.5, 0.6) is 0 Å². The van der Waals surface area contributed by atoms with Gasteiger partial charge in [0, 0.05) is 19.6 Å². The predicted molar refractivity (Wildman–Crippen MR) is 101 cm³/mol. The first-order valence-corrected chi connectivity index (χ1v) is 10.2. The molecule has 2 aromatic carbocycles. The Morgan fingerprint density at radius 1 is 1.23 bits per heavy atom. The molecule has 0 aromatic heterocycles. The summed E-state index contributed by atoms with van der Waals surface area (Å²) in [5, 5.41) is 12.3. The summed E-state index contributed by atoms with van der Waals surface area (Å²) in [6.45, 7) is 5.46. The molecule has 2 aromatic rings. The lowest BCUT2D eigenvalue weighted by Gasteiger charge is -2.35. The molecule has 6 heteroatoms. The van der Waals surface area contributed by atoms with E-state index in [2.05, 4.69) is 30.4 Å². The maximum atomic E-state index is 13.3. The number of sulfonamides is 1. The summed E-state index contributed by atoms with van der Waals surface area (Å²) >= 11 is 0. The molecule has 1 saturated heterocycles. The van der Waals surface area contributed by atoms with Gasteiger partial charge in [0.05, 0.1) is 22.6 Å². The number of nitriles is 1. The first kappa shape index (κ1) is 18.6. The lowest BCUT2D eigenvalue weighted by atomic mass is 10.0. The summed E-state index contributed by atoms with van der Waals surface area (Å²) in [4.78, 5) is 0.272. The van der Waals surface area contributed by atoms with Crippen molar-refractivity contribution in [2.45, 2.75) is 31.2 Å². The maximum Gasteiger partial charge on any atom is 0.243 e. The summed E-state index contributed by atoms with van der Waals surface area (Å²) in [6, 6.07) is 14.7. The Hall–Kier alpha value is -2.20. The second kappa shape index (κ2) is 7.58. The highest BCUT2D eigenvalue weighted by Gasteiger charge is 2.35. The molecule has 0 radical (unpaired) electrons. The predicted octanol–water partition coefficient (Wildman–Crippen LogP) is 2.76. The Bertz CT molecular complexity index is 931. The number of aryl methyl sites for hydroxylation is 2. The average Bonchev–Trinajstić information content (AvgIpc) is 2.67. The Kier molecular flexibility index (Phi) is 5.42. The highest BCUT2D eigenvalue weighted by molar-refractivity contribution is 7.89. The topological polar surface area (TPSA) is 73.2 Å². The van der Waals surface area contributed by atoms with Crippen LogP contribution in [0.1, 0.15) is 35.2 Å². The molecule has 1 atom stereocenters. The van der Waals surface area contributed by atoms with Gasteiger partial charge in [0.1, 0.15) is 0 Å². The van der Waals surface area contributed by atoms with E-state index >= 15 is 0 Å². The summed E-state index contributed by atoms with van der Waals surface area (Å²) in [5.41, 5.74) is 3.29. The van der Waals surface area contributed by atoms with E-state index in [1.807, 2.05) is 12.1 Å². The van der Waals surface area contributed by atoms with Crippen LogP contribution in [0.3, 0.4) is 0 Å². The zero-order valence-electron chi connectivity index (χ0n) is 15.1. The summed E-state index contributed by atoms with van der Waals surface area (Å²) < 4.78 is 28.2. The number of piperazine rings is 1. The van der Waals surface area contributed by atoms with E-state index in [4.69, 9.17) is 5.26 Å². The highest BCUT2D eigenvalue weighted by Crippen LogP contribution is 2.30. The monoisotopic (exact) mass is 369 g/mol. The molecule has 26 heavy (non-hydrogen) atoms. The normalized spacial score (nSPS) is 18.4. The summed E-state index contributed by atoms with van der Waals surface area (Å²) in [7, 11) is -3.65. The van der Waals surface area contributed by atoms with Crippen molar-refractivity contribution in [3.63, 3.8) is 0 Å². The third-order valence-corrected chi connectivity index (χ3v) is 6.93. The van der Waals surface area contributed by atoms with Crippen molar-refractivity contribution in [2.24, 2.45) is 0 Å². The number of nitrogens with one attached hydrogen (secondary N) is 1. The molecule has 0 aliphatic carbocycles. The van der Waals surface area contributed by atoms with Crippen LogP contribution in [-0.2, 0) is 16.4 Å². The van der Waals surface area contributed by atoms with Gasteiger partial charge in [0.2, 0.25) is 10.0 Å². The molecule has 0 bridgehead atoms. The van der Waals surface area contributed by atoms with Crippen molar-refractivity contribution < 1.29 is 8.42 Å². The number of benzene rings is 2. The fraction of sp³-hybridized carbons (Fsp3) is 0.350. The molecule has 0 saturated carbocycles. The summed E-state index contributed by atoms with van der Waals surface area (Å²) in [6.07, 6.45) is 0.954. The second-order valence-electron chi connectivity index (χ2n) is 6.52. The van der Waals surface area contributed by atoms with Gasteiger partial charge in [-0.3, -0.25) is 0 Å². The van der Waals surface area contributed by atoms with Gasteiger partial charge in [0.25, 0.3) is 0 Å². The van der Waals surface area contributed by atoms with E-state index in [0.29, 0.717) is 30.8 Å². The molecule has 1 heterocycles. The molecule has 1 N–H and O–H groups in total. The maximum absolute atomic E-state index is 13.3. The standard InChI is InChI=1S/C20H23N3O2S/c1-3-16-4-7-18(8-5-16)19-14-22-10-11-23(19)26(24,25)20-9-6-17(13-21)12-15(20)2/h4-9,12,19,22H,3,10-11,14H2,1-2H3. The van der Waals surface area contributed by atoms with Gasteiger partial charge in [-0.05, 0) is 48.2 Å². The van der Waals surface area contributed by atoms with Crippen LogP contribution < -0.4 is 5.32 Å². The van der Waals surface area contributed by atoms with Gasteiger partial charge < -0.3 is 5.32 Å². The number of rotatable bonds is 4. The third-order valence-electron chi connectivity index (χ3n) is 4.86. The molecule has 136 valence electrons. The van der Waals surface area contributed by atoms with Crippen molar-refractivity contribution in [3.8, 4) is 6.07 Å². The average molecular weight is 369 g/mol. The fourth-order valence-electron chi connectivity index (χ4n) is 3.37. The number of hydrogen-bond donors (Lipinski definition) is 1. The van der Waals surface area contributed by atoms with Crippen molar-refractivity contribution in [3.05, 3.63) is 64.7 Å². The largest absolute Gasteiger partial charge is 0.313 e. The molecule has 3 rings (SSSR count). The molecule has 1 aliphatic heterocycles. The van der Waals surface area contributed by atoms with Gasteiger partial charge in [-0.1, -0.05) is 31.2 Å². The van der Waals surface area contributed by atoms with Crippen molar-refractivity contribution >= 4 is 10.0 Å². The van der Waals surface area contributed by atoms with E-state index < -0.39 is 10.0 Å². The Morgan fingerprint density at radius 3 is 2.58 bits per heavy atom. The molecule has 1 aliphatic rings. The van der Waals surface area contributed by atoms with Gasteiger partial charge in [-0.25, -0.2) is 8.42 Å². The van der Waals surface area contributed by atoms with Crippen LogP contribution in [0.4, 0.5) is 0 Å². The van der Waals surface area contributed by atoms with Crippen molar-refractivity contribution in [2.75, 3.05) is 19.6 Å². The van der Waals surface area contributed by atoms with Gasteiger partial charge in [-0.2, -0.15) is 9.57 Å². The molecule has 1 unspecified atom stereocenters. The highest BCUT2D eigenvalue weighted by atomic mass is 32.2. The van der Waals surface area contributed by atoms with Gasteiger partial charge in [0.15, 0.2) is 0 Å². The van der Waals surface area contributed by atoms with Gasteiger partial charge in [-0.15, -0.1) is 0 Å². The van der Waals surface area contributed by atoms with E-state index in [1.165, 1.54) is 5.56 Å². The smallest absolute Gasteiger partial charge is 0.243 e. The van der Waals surface area contributed by atoms with Crippen molar-refractivity contribution in [1.82, 2.24) is 9.62 Å². The Morgan fingerprint density at radius 2 is 1.96 bits per heavy atom. The van der Waals surface area contributed by atoms with E-state index in [0.717, 1.165) is 12.0 Å². The Labute approximate surface area is 155 Å². The Balaban J connectivity index is 1.99. The minimum Gasteiger partial charge on any atom is -0.313 e. The minimum absolute atomic E-state index is 0.241. The van der Waals surface area contributed by atoms with Crippen LogP contribution in [0, 0.1) is 18.3 Å². The molecule has 0 spiro atoms. The van der Waals surface area contributed by atoms with Crippen LogP contribution in [0.25, 0.3) is 0 Å². The molecular formula is C20H23N3O2S. The molecule has 5 nitrogen and oxygen atoms in total. The van der Waals surface area contributed by atoms with Crippen LogP contribution in [-0.4, -0.2) is 32.4 Å². The zero-order chi connectivity index (χ0) is 18.7. The first-order chi connectivity index (χ1) is 12.5. The van der Waals surface area contributed by atoms with Crippen molar-refractivity contribution in [1.29, 1.82) is 5.26 Å².